The maximum absolute atomic E-state index is 14.1. The van der Waals surface area contributed by atoms with E-state index in [-0.39, 0.29) is 23.6 Å². The molecule has 0 heterocycles. The van der Waals surface area contributed by atoms with Gasteiger partial charge >= 0.3 is 0 Å². The van der Waals surface area contributed by atoms with E-state index in [4.69, 9.17) is 4.74 Å². The van der Waals surface area contributed by atoms with E-state index in [2.05, 4.69) is 4.72 Å². The molecule has 8 heteroatoms. The Balaban J connectivity index is 2.07. The van der Waals surface area contributed by atoms with E-state index >= 15 is 0 Å². The van der Waals surface area contributed by atoms with Gasteiger partial charge in [-0.15, -0.1) is 0 Å². The lowest BCUT2D eigenvalue weighted by Gasteiger charge is -2.18. The largest absolute Gasteiger partial charge is 0.492 e. The topological polar surface area (TPSA) is 75.7 Å². The van der Waals surface area contributed by atoms with Gasteiger partial charge in [0.15, 0.2) is 0 Å². The molecule has 2 aromatic rings. The third-order valence-corrected chi connectivity index (χ3v) is 5.40. The number of carbonyl (C=O) groups excluding carboxylic acids is 1. The molecule has 0 atom stereocenters. The molecule has 0 aliphatic rings. The normalized spacial score (nSPS) is 11.3. The average molecular weight is 394 g/mol. The van der Waals surface area contributed by atoms with Gasteiger partial charge in [-0.25, -0.2) is 17.5 Å². The van der Waals surface area contributed by atoms with Gasteiger partial charge in [0.25, 0.3) is 5.91 Å². The number of sulfonamides is 1. The predicted octanol–water partition coefficient (Wildman–Crippen LogP) is 2.50. The Morgan fingerprint density at radius 1 is 1.15 bits per heavy atom. The zero-order valence-corrected chi connectivity index (χ0v) is 16.6. The van der Waals surface area contributed by atoms with Crippen molar-refractivity contribution >= 4 is 15.9 Å². The van der Waals surface area contributed by atoms with E-state index in [0.29, 0.717) is 5.75 Å². The van der Waals surface area contributed by atoms with E-state index in [0.717, 1.165) is 29.3 Å². The first kappa shape index (κ1) is 20.9. The third kappa shape index (κ3) is 5.27. The van der Waals surface area contributed by atoms with Crippen LogP contribution in [0.4, 0.5) is 4.39 Å². The number of amides is 1. The monoisotopic (exact) mass is 394 g/mol. The predicted molar refractivity (Wildman–Crippen MR) is 101 cm³/mol. The van der Waals surface area contributed by atoms with Crippen molar-refractivity contribution in [3.63, 3.8) is 0 Å². The van der Waals surface area contributed by atoms with Gasteiger partial charge in [0.2, 0.25) is 10.0 Å². The Bertz CT molecular complexity index is 924. The Labute approximate surface area is 159 Å². The van der Waals surface area contributed by atoms with Crippen molar-refractivity contribution in [3.8, 4) is 5.75 Å². The summed E-state index contributed by atoms with van der Waals surface area (Å²) in [6, 6.07) is 8.92. The summed E-state index contributed by atoms with van der Waals surface area (Å²) in [7, 11) is -1.02. The number of hydrogen-bond donors (Lipinski definition) is 1. The van der Waals surface area contributed by atoms with Crippen LogP contribution in [0.3, 0.4) is 0 Å². The fraction of sp³-hybridized carbons (Fsp3) is 0.316. The number of benzene rings is 2. The summed E-state index contributed by atoms with van der Waals surface area (Å²) in [6.45, 7) is 4.37. The Hall–Kier alpha value is -2.45. The first-order valence-electron chi connectivity index (χ1n) is 8.33. The first-order chi connectivity index (χ1) is 12.6. The average Bonchev–Trinajstić information content (AvgIpc) is 2.60. The molecule has 0 saturated carbocycles. The second-order valence-corrected chi connectivity index (χ2v) is 8.13. The van der Waals surface area contributed by atoms with Gasteiger partial charge in [0.1, 0.15) is 18.2 Å². The highest BCUT2D eigenvalue weighted by Crippen LogP contribution is 2.18. The molecule has 0 fully saturated rings. The highest BCUT2D eigenvalue weighted by atomic mass is 32.2. The maximum Gasteiger partial charge on any atom is 0.256 e. The van der Waals surface area contributed by atoms with Crippen LogP contribution in [-0.4, -0.2) is 46.5 Å². The fourth-order valence-electron chi connectivity index (χ4n) is 2.58. The molecule has 0 radical (unpaired) electrons. The van der Waals surface area contributed by atoms with E-state index in [1.165, 1.54) is 19.0 Å². The minimum Gasteiger partial charge on any atom is -0.492 e. The van der Waals surface area contributed by atoms with Gasteiger partial charge < -0.3 is 9.64 Å². The van der Waals surface area contributed by atoms with Crippen molar-refractivity contribution in [3.05, 3.63) is 58.9 Å². The Kier molecular flexibility index (Phi) is 6.56. The molecule has 0 bridgehead atoms. The molecule has 0 unspecified atom stereocenters. The smallest absolute Gasteiger partial charge is 0.256 e. The molecule has 2 rings (SSSR count). The lowest BCUT2D eigenvalue weighted by molar-refractivity contribution is 0.0769. The van der Waals surface area contributed by atoms with Crippen LogP contribution in [0.2, 0.25) is 0 Å². The number of carbonyl (C=O) groups is 1. The van der Waals surface area contributed by atoms with Crippen LogP contribution in [0, 0.1) is 19.7 Å². The zero-order valence-electron chi connectivity index (χ0n) is 15.7. The van der Waals surface area contributed by atoms with Crippen molar-refractivity contribution in [1.82, 2.24) is 9.62 Å². The van der Waals surface area contributed by atoms with Crippen LogP contribution in [0.5, 0.6) is 5.75 Å². The van der Waals surface area contributed by atoms with Crippen LogP contribution in [0.1, 0.15) is 21.5 Å². The third-order valence-electron chi connectivity index (χ3n) is 3.98. The molecule has 2 aromatic carbocycles. The number of halogens is 1. The van der Waals surface area contributed by atoms with Gasteiger partial charge in [-0.1, -0.05) is 6.07 Å². The fourth-order valence-corrected chi connectivity index (χ4v) is 3.33. The maximum atomic E-state index is 14.1. The van der Waals surface area contributed by atoms with Crippen molar-refractivity contribution in [1.29, 1.82) is 0 Å². The summed E-state index contributed by atoms with van der Waals surface area (Å²) < 4.78 is 45.6. The summed E-state index contributed by atoms with van der Waals surface area (Å²) in [4.78, 5) is 13.6. The summed E-state index contributed by atoms with van der Waals surface area (Å²) in [6.07, 6.45) is 0. The minimum absolute atomic E-state index is 0.172. The molecule has 27 heavy (non-hydrogen) atoms. The van der Waals surface area contributed by atoms with Gasteiger partial charge in [-0.05, 0) is 62.4 Å². The van der Waals surface area contributed by atoms with Crippen LogP contribution in [-0.2, 0) is 10.0 Å². The van der Waals surface area contributed by atoms with Crippen LogP contribution < -0.4 is 9.46 Å². The summed E-state index contributed by atoms with van der Waals surface area (Å²) in [5, 5.41) is 0. The van der Waals surface area contributed by atoms with Crippen molar-refractivity contribution in [2.24, 2.45) is 0 Å². The van der Waals surface area contributed by atoms with E-state index in [9.17, 15) is 17.6 Å². The van der Waals surface area contributed by atoms with Crippen molar-refractivity contribution in [2.75, 3.05) is 27.2 Å². The number of rotatable bonds is 7. The number of ether oxygens (including phenoxy) is 1. The highest BCUT2D eigenvalue weighted by Gasteiger charge is 2.20. The number of nitrogens with one attached hydrogen (secondary N) is 1. The number of nitrogens with zero attached hydrogens (tertiary/aromatic N) is 1. The summed E-state index contributed by atoms with van der Waals surface area (Å²) in [5.41, 5.74) is 1.83. The minimum atomic E-state index is -3.77. The van der Waals surface area contributed by atoms with Gasteiger partial charge in [-0.2, -0.15) is 0 Å². The Morgan fingerprint density at radius 2 is 1.78 bits per heavy atom. The van der Waals surface area contributed by atoms with Gasteiger partial charge in [-0.3, -0.25) is 4.79 Å². The zero-order chi connectivity index (χ0) is 20.2. The Morgan fingerprint density at radius 3 is 2.37 bits per heavy atom. The standard InChI is InChI=1S/C19H23FN2O4S/c1-13-9-14(2)11-15(10-13)26-8-7-22(4)19(23)17-12-16(5-6-18(17)20)27(24,25)21-3/h5-6,9-12,21H,7-8H2,1-4H3. The first-order valence-corrected chi connectivity index (χ1v) is 9.82. The lowest BCUT2D eigenvalue weighted by Crippen LogP contribution is -2.31. The SMILES string of the molecule is CNS(=O)(=O)c1ccc(F)c(C(=O)N(C)CCOc2cc(C)cc(C)c2)c1. The van der Waals surface area contributed by atoms with Crippen LogP contribution in [0.25, 0.3) is 0 Å². The number of likely N-dealkylation sites (N-methyl/N-ethyl adjacent to an activating group) is 1. The number of aryl methyl sites for hydroxylation is 2. The van der Waals surface area contributed by atoms with E-state index in [1.807, 2.05) is 32.0 Å². The molecule has 0 aliphatic carbocycles. The second kappa shape index (κ2) is 8.49. The van der Waals surface area contributed by atoms with Crippen molar-refractivity contribution < 1.29 is 22.3 Å². The number of hydrogen-bond acceptors (Lipinski definition) is 4. The molecule has 0 aromatic heterocycles. The molecule has 1 N–H and O–H groups in total. The van der Waals surface area contributed by atoms with E-state index < -0.39 is 21.7 Å². The second-order valence-electron chi connectivity index (χ2n) is 6.25. The van der Waals surface area contributed by atoms with Crippen LogP contribution >= 0.6 is 0 Å². The van der Waals surface area contributed by atoms with E-state index in [1.54, 1.807) is 0 Å². The molecule has 0 saturated heterocycles. The molecule has 0 aliphatic heterocycles. The molecular formula is C19H23FN2O4S. The quantitative estimate of drug-likeness (QED) is 0.783. The van der Waals surface area contributed by atoms with Gasteiger partial charge in [0.05, 0.1) is 17.0 Å². The molecule has 1 amide bonds. The summed E-state index contributed by atoms with van der Waals surface area (Å²) >= 11 is 0. The highest BCUT2D eigenvalue weighted by molar-refractivity contribution is 7.89. The van der Waals surface area contributed by atoms with Crippen LogP contribution in [0.15, 0.2) is 41.3 Å². The van der Waals surface area contributed by atoms with Crippen molar-refractivity contribution in [2.45, 2.75) is 18.7 Å². The molecule has 6 nitrogen and oxygen atoms in total. The molecule has 0 spiro atoms. The lowest BCUT2D eigenvalue weighted by atomic mass is 10.1. The molecule has 146 valence electrons. The van der Waals surface area contributed by atoms with Gasteiger partial charge in [0, 0.05) is 7.05 Å². The molecular weight excluding hydrogens is 371 g/mol. The summed E-state index contributed by atoms with van der Waals surface area (Å²) in [5.74, 6) is -0.705.